The maximum absolute atomic E-state index is 5.51. The van der Waals surface area contributed by atoms with Gasteiger partial charge in [0.05, 0.1) is 5.70 Å². The molecule has 0 fully saturated rings. The van der Waals surface area contributed by atoms with Crippen molar-refractivity contribution < 1.29 is 0 Å². The van der Waals surface area contributed by atoms with Gasteiger partial charge in [-0.15, -0.1) is 6.42 Å². The van der Waals surface area contributed by atoms with Crippen LogP contribution in [-0.4, -0.2) is 19.3 Å². The van der Waals surface area contributed by atoms with E-state index in [1.54, 1.807) is 0 Å². The van der Waals surface area contributed by atoms with Gasteiger partial charge in [0.15, 0.2) is 0 Å². The molecule has 0 saturated carbocycles. The van der Waals surface area contributed by atoms with E-state index in [0.29, 0.717) is 6.04 Å². The van der Waals surface area contributed by atoms with E-state index >= 15 is 0 Å². The Bertz CT molecular complexity index is 563. The van der Waals surface area contributed by atoms with Crippen molar-refractivity contribution in [2.24, 2.45) is 4.99 Å². The topological polar surface area (TPSA) is 24.4 Å². The van der Waals surface area contributed by atoms with Crippen molar-refractivity contribution in [3.05, 3.63) is 59.4 Å². The van der Waals surface area contributed by atoms with Crippen molar-refractivity contribution >= 4 is 6.21 Å². The Balaban J connectivity index is 5.45. The van der Waals surface area contributed by atoms with Crippen LogP contribution in [0.5, 0.6) is 0 Å². The van der Waals surface area contributed by atoms with E-state index in [4.69, 9.17) is 6.42 Å². The SMILES string of the molecule is C#C\C(=C/C(=C/C/C(C=NC(C)CC)=C/C)C(/C=C)=C\C)NC. The van der Waals surface area contributed by atoms with Crippen LogP contribution in [0, 0.1) is 12.3 Å². The summed E-state index contributed by atoms with van der Waals surface area (Å²) in [5, 5.41) is 3.02. The molecule has 0 aromatic heterocycles. The predicted octanol–water partition coefficient (Wildman–Crippen LogP) is 4.99. The van der Waals surface area contributed by atoms with E-state index in [1.807, 2.05) is 45.3 Å². The van der Waals surface area contributed by atoms with Crippen LogP contribution in [0.15, 0.2) is 64.4 Å². The fourth-order valence-electron chi connectivity index (χ4n) is 1.81. The summed E-state index contributed by atoms with van der Waals surface area (Å²) in [5.74, 6) is 2.64. The maximum Gasteiger partial charge on any atom is 0.0854 e. The molecule has 0 aliphatic carbocycles. The fraction of sp³-hybridized carbons (Fsp3) is 0.381. The van der Waals surface area contributed by atoms with E-state index in [0.717, 1.165) is 29.7 Å². The molecule has 0 spiro atoms. The summed E-state index contributed by atoms with van der Waals surface area (Å²) in [7, 11) is 1.82. The summed E-state index contributed by atoms with van der Waals surface area (Å²) in [5.41, 5.74) is 4.04. The van der Waals surface area contributed by atoms with Gasteiger partial charge in [-0.25, -0.2) is 0 Å². The predicted molar refractivity (Wildman–Crippen MR) is 105 cm³/mol. The van der Waals surface area contributed by atoms with Gasteiger partial charge >= 0.3 is 0 Å². The van der Waals surface area contributed by atoms with Crippen LogP contribution in [0.1, 0.15) is 40.5 Å². The lowest BCUT2D eigenvalue weighted by molar-refractivity contribution is 0.720. The van der Waals surface area contributed by atoms with Gasteiger partial charge in [-0.2, -0.15) is 0 Å². The van der Waals surface area contributed by atoms with Crippen LogP contribution in [-0.2, 0) is 0 Å². The van der Waals surface area contributed by atoms with Gasteiger partial charge < -0.3 is 5.32 Å². The molecule has 1 atom stereocenters. The van der Waals surface area contributed by atoms with Crippen LogP contribution in [0.2, 0.25) is 0 Å². The number of nitrogens with one attached hydrogen (secondary N) is 1. The second-order valence-corrected chi connectivity index (χ2v) is 5.16. The highest BCUT2D eigenvalue weighted by molar-refractivity contribution is 5.79. The summed E-state index contributed by atoms with van der Waals surface area (Å²) >= 11 is 0. The molecule has 0 saturated heterocycles. The number of aliphatic imine (C=N–C) groups is 1. The molecule has 0 radical (unpaired) electrons. The van der Waals surface area contributed by atoms with Gasteiger partial charge in [0.2, 0.25) is 0 Å². The minimum Gasteiger partial charge on any atom is -0.381 e. The minimum absolute atomic E-state index is 0.352. The molecule has 0 bridgehead atoms. The summed E-state index contributed by atoms with van der Waals surface area (Å²) < 4.78 is 0. The quantitative estimate of drug-likeness (QED) is 0.362. The molecule has 23 heavy (non-hydrogen) atoms. The Morgan fingerprint density at radius 3 is 2.43 bits per heavy atom. The molecule has 0 amide bonds. The lowest BCUT2D eigenvalue weighted by atomic mass is 10.0. The zero-order valence-corrected chi connectivity index (χ0v) is 15.2. The van der Waals surface area contributed by atoms with Gasteiger partial charge in [0.1, 0.15) is 0 Å². The summed E-state index contributed by atoms with van der Waals surface area (Å²) in [4.78, 5) is 4.55. The first-order chi connectivity index (χ1) is 11.1. The molecule has 1 N–H and O–H groups in total. The maximum atomic E-state index is 5.51. The summed E-state index contributed by atoms with van der Waals surface area (Å²) in [6.07, 6.45) is 19.4. The summed E-state index contributed by atoms with van der Waals surface area (Å²) in [6, 6.07) is 0.352. The summed E-state index contributed by atoms with van der Waals surface area (Å²) in [6.45, 7) is 12.2. The van der Waals surface area contributed by atoms with Crippen molar-refractivity contribution in [3.63, 3.8) is 0 Å². The molecular formula is C21H30N2. The molecule has 1 unspecified atom stereocenters. The highest BCUT2D eigenvalue weighted by atomic mass is 14.8. The third kappa shape index (κ3) is 8.07. The first kappa shape index (κ1) is 20.7. The zero-order valence-electron chi connectivity index (χ0n) is 15.2. The number of hydrogen-bond donors (Lipinski definition) is 1. The monoisotopic (exact) mass is 310 g/mol. The third-order valence-electron chi connectivity index (χ3n) is 3.60. The number of nitrogens with zero attached hydrogens (tertiary/aromatic N) is 1. The molecule has 0 aromatic rings. The highest BCUT2D eigenvalue weighted by Gasteiger charge is 2.01. The Kier molecular flexibility index (Phi) is 11.1. The van der Waals surface area contributed by atoms with Crippen LogP contribution in [0.25, 0.3) is 0 Å². The Morgan fingerprint density at radius 2 is 2.00 bits per heavy atom. The number of allylic oxidation sites excluding steroid dienone is 9. The van der Waals surface area contributed by atoms with Crippen molar-refractivity contribution in [1.82, 2.24) is 5.32 Å². The average Bonchev–Trinajstić information content (AvgIpc) is 2.59. The van der Waals surface area contributed by atoms with E-state index < -0.39 is 0 Å². The average molecular weight is 310 g/mol. The Hall–Kier alpha value is -2.27. The van der Waals surface area contributed by atoms with Crippen molar-refractivity contribution in [1.29, 1.82) is 0 Å². The third-order valence-corrected chi connectivity index (χ3v) is 3.60. The Labute approximate surface area is 142 Å². The standard InChI is InChI=1S/C21H30N2/c1-8-17(6)23-16-18(9-2)13-14-20(19(10-3)11-4)15-21(12-5)22-7/h5,9-11,14-17,22H,3,8,13H2,1-2,4,6-7H3/b18-9-,19-11-,20-14-,21-15+,23-16?. The first-order valence-electron chi connectivity index (χ1n) is 8.09. The smallest absolute Gasteiger partial charge is 0.0854 e. The van der Waals surface area contributed by atoms with E-state index in [-0.39, 0.29) is 0 Å². The molecule has 0 aromatic carbocycles. The van der Waals surface area contributed by atoms with Gasteiger partial charge in [-0.3, -0.25) is 4.99 Å². The van der Waals surface area contributed by atoms with Crippen LogP contribution < -0.4 is 5.32 Å². The second kappa shape index (κ2) is 12.3. The lowest BCUT2D eigenvalue weighted by Gasteiger charge is -2.07. The second-order valence-electron chi connectivity index (χ2n) is 5.16. The largest absolute Gasteiger partial charge is 0.381 e. The van der Waals surface area contributed by atoms with E-state index in [2.05, 4.69) is 48.8 Å². The van der Waals surface area contributed by atoms with Gasteiger partial charge in [0.25, 0.3) is 0 Å². The molecule has 124 valence electrons. The first-order valence-corrected chi connectivity index (χ1v) is 8.09. The Morgan fingerprint density at radius 1 is 1.30 bits per heavy atom. The van der Waals surface area contributed by atoms with Gasteiger partial charge in [-0.1, -0.05) is 43.7 Å². The molecule has 0 aliphatic heterocycles. The van der Waals surface area contributed by atoms with Gasteiger partial charge in [-0.05, 0) is 56.4 Å². The van der Waals surface area contributed by atoms with Crippen LogP contribution in [0.3, 0.4) is 0 Å². The van der Waals surface area contributed by atoms with E-state index in [1.165, 1.54) is 5.57 Å². The van der Waals surface area contributed by atoms with Crippen molar-refractivity contribution in [2.75, 3.05) is 7.05 Å². The van der Waals surface area contributed by atoms with E-state index in [9.17, 15) is 0 Å². The molecule has 0 aliphatic rings. The van der Waals surface area contributed by atoms with Crippen LogP contribution in [0.4, 0.5) is 0 Å². The number of hydrogen-bond acceptors (Lipinski definition) is 2. The van der Waals surface area contributed by atoms with Crippen molar-refractivity contribution in [2.45, 2.75) is 46.6 Å². The molecule has 0 heterocycles. The molecule has 0 rings (SSSR count). The molecule has 2 nitrogen and oxygen atoms in total. The van der Waals surface area contributed by atoms with Gasteiger partial charge in [0, 0.05) is 19.3 Å². The van der Waals surface area contributed by atoms with Crippen molar-refractivity contribution in [3.8, 4) is 12.3 Å². The normalized spacial score (nSPS) is 15.5. The highest BCUT2D eigenvalue weighted by Crippen LogP contribution is 2.17. The van der Waals surface area contributed by atoms with Crippen LogP contribution >= 0.6 is 0 Å². The molecule has 2 heteroatoms. The lowest BCUT2D eigenvalue weighted by Crippen LogP contribution is -2.04. The number of rotatable bonds is 9. The fourth-order valence-corrected chi connectivity index (χ4v) is 1.81. The molecular weight excluding hydrogens is 280 g/mol. The zero-order chi connectivity index (χ0) is 17.7. The minimum atomic E-state index is 0.352. The number of terminal acetylenes is 1.